The van der Waals surface area contributed by atoms with Crippen molar-refractivity contribution in [1.29, 1.82) is 0 Å². The fourth-order valence-corrected chi connectivity index (χ4v) is 2.19. The monoisotopic (exact) mass is 284 g/mol. The second-order valence-electron chi connectivity index (χ2n) is 5.89. The Balaban J connectivity index is 3.14. The zero-order valence-electron chi connectivity index (χ0n) is 14.0. The van der Waals surface area contributed by atoms with E-state index in [2.05, 4.69) is 24.5 Å². The maximum Gasteiger partial charge on any atom is 0.314 e. The van der Waals surface area contributed by atoms with Crippen LogP contribution in [0.15, 0.2) is 0 Å². The van der Waals surface area contributed by atoms with Gasteiger partial charge in [0.2, 0.25) is 0 Å². The molecule has 0 bridgehead atoms. The molecule has 0 aromatic heterocycles. The first-order valence-electron chi connectivity index (χ1n) is 8.75. The summed E-state index contributed by atoms with van der Waals surface area (Å²) in [6, 6.07) is 0.248. The van der Waals surface area contributed by atoms with E-state index in [9.17, 15) is 4.79 Å². The van der Waals surface area contributed by atoms with E-state index in [1.165, 1.54) is 57.8 Å². The average Bonchev–Trinajstić information content (AvgIpc) is 2.44. The van der Waals surface area contributed by atoms with Gasteiger partial charge in [-0.15, -0.1) is 0 Å². The topological polar surface area (TPSA) is 41.1 Å². The van der Waals surface area contributed by atoms with Crippen LogP contribution in [0.1, 0.15) is 91.4 Å². The number of rotatable bonds is 13. The van der Waals surface area contributed by atoms with Gasteiger partial charge in [0.05, 0.1) is 0 Å². The Labute approximate surface area is 126 Å². The van der Waals surface area contributed by atoms with Crippen LogP contribution in [0.3, 0.4) is 0 Å². The van der Waals surface area contributed by atoms with E-state index >= 15 is 0 Å². The van der Waals surface area contributed by atoms with Crippen LogP contribution in [0.4, 0.5) is 4.79 Å². The summed E-state index contributed by atoms with van der Waals surface area (Å²) < 4.78 is 0. The molecule has 0 aliphatic rings. The van der Waals surface area contributed by atoms with Gasteiger partial charge in [-0.2, -0.15) is 0 Å². The summed E-state index contributed by atoms with van der Waals surface area (Å²) in [6.07, 6.45) is 14.3. The quantitative estimate of drug-likeness (QED) is 0.459. The van der Waals surface area contributed by atoms with Crippen molar-refractivity contribution >= 4 is 6.03 Å². The molecular formula is C17H36N2O. The minimum atomic E-state index is -0.0183. The van der Waals surface area contributed by atoms with E-state index in [0.29, 0.717) is 0 Å². The number of amides is 2. The number of nitrogens with one attached hydrogen (secondary N) is 2. The van der Waals surface area contributed by atoms with Crippen LogP contribution in [0.5, 0.6) is 0 Å². The first-order valence-corrected chi connectivity index (χ1v) is 8.75. The van der Waals surface area contributed by atoms with E-state index in [4.69, 9.17) is 0 Å². The lowest BCUT2D eigenvalue weighted by Crippen LogP contribution is -2.40. The predicted octanol–water partition coefficient (Wildman–Crippen LogP) is 5.01. The van der Waals surface area contributed by atoms with Crippen molar-refractivity contribution in [2.45, 2.75) is 97.4 Å². The molecule has 0 rings (SSSR count). The fraction of sp³-hybridized carbons (Fsp3) is 0.941. The summed E-state index contributed by atoms with van der Waals surface area (Å²) in [7, 11) is 0. The van der Waals surface area contributed by atoms with Gasteiger partial charge < -0.3 is 10.6 Å². The van der Waals surface area contributed by atoms with Gasteiger partial charge in [0.15, 0.2) is 0 Å². The molecule has 0 aliphatic carbocycles. The van der Waals surface area contributed by atoms with Gasteiger partial charge >= 0.3 is 6.03 Å². The average molecular weight is 284 g/mol. The van der Waals surface area contributed by atoms with Crippen molar-refractivity contribution in [2.75, 3.05) is 6.54 Å². The fourth-order valence-electron chi connectivity index (χ4n) is 2.19. The van der Waals surface area contributed by atoms with Crippen molar-refractivity contribution in [1.82, 2.24) is 10.6 Å². The minimum Gasteiger partial charge on any atom is -0.338 e. The van der Waals surface area contributed by atoms with Gasteiger partial charge in [0.25, 0.3) is 0 Å². The lowest BCUT2D eigenvalue weighted by molar-refractivity contribution is 0.237. The minimum absolute atomic E-state index is 0.0183. The van der Waals surface area contributed by atoms with Gasteiger partial charge in [0.1, 0.15) is 0 Å². The Morgan fingerprint density at radius 1 is 0.850 bits per heavy atom. The lowest BCUT2D eigenvalue weighted by atomic mass is 10.1. The van der Waals surface area contributed by atoms with Crippen LogP contribution in [-0.2, 0) is 0 Å². The third-order valence-corrected chi connectivity index (χ3v) is 3.81. The van der Waals surface area contributed by atoms with Crippen molar-refractivity contribution in [3.8, 4) is 0 Å². The standard InChI is InChI=1S/C17H36N2O/c1-4-6-7-8-9-10-11-12-13-14-15-18-17(20)19-16(3)5-2/h16H,4-15H2,1-3H3,(H2,18,19,20)/t16-/m1/s1. The molecule has 0 saturated heterocycles. The Morgan fingerprint density at radius 3 is 1.85 bits per heavy atom. The summed E-state index contributed by atoms with van der Waals surface area (Å²) in [5, 5.41) is 5.84. The number of urea groups is 1. The Kier molecular flexibility index (Phi) is 14.1. The largest absolute Gasteiger partial charge is 0.338 e. The van der Waals surface area contributed by atoms with E-state index in [1.807, 2.05) is 6.92 Å². The van der Waals surface area contributed by atoms with Gasteiger partial charge in [-0.05, 0) is 19.8 Å². The molecular weight excluding hydrogens is 248 g/mol. The molecule has 1 atom stereocenters. The first kappa shape index (κ1) is 19.3. The second kappa shape index (κ2) is 14.7. The van der Waals surface area contributed by atoms with Crippen LogP contribution >= 0.6 is 0 Å². The number of carbonyl (C=O) groups excluding carboxylic acids is 1. The molecule has 0 fully saturated rings. The number of carbonyl (C=O) groups is 1. The third-order valence-electron chi connectivity index (χ3n) is 3.81. The molecule has 0 aromatic carbocycles. The van der Waals surface area contributed by atoms with E-state index in [-0.39, 0.29) is 12.1 Å². The molecule has 0 unspecified atom stereocenters. The molecule has 0 spiro atoms. The number of hydrogen-bond acceptors (Lipinski definition) is 1. The van der Waals surface area contributed by atoms with Crippen molar-refractivity contribution in [2.24, 2.45) is 0 Å². The third kappa shape index (κ3) is 13.7. The molecule has 0 radical (unpaired) electrons. The highest BCUT2D eigenvalue weighted by Gasteiger charge is 2.03. The SMILES string of the molecule is CCCCCCCCCCCCNC(=O)N[C@H](C)CC. The highest BCUT2D eigenvalue weighted by atomic mass is 16.2. The van der Waals surface area contributed by atoms with Crippen LogP contribution in [0, 0.1) is 0 Å². The molecule has 3 heteroatoms. The first-order chi connectivity index (χ1) is 9.70. The highest BCUT2D eigenvalue weighted by Crippen LogP contribution is 2.10. The van der Waals surface area contributed by atoms with E-state index in [1.54, 1.807) is 0 Å². The van der Waals surface area contributed by atoms with Crippen molar-refractivity contribution < 1.29 is 4.79 Å². The maximum absolute atomic E-state index is 11.5. The smallest absolute Gasteiger partial charge is 0.314 e. The van der Waals surface area contributed by atoms with E-state index < -0.39 is 0 Å². The molecule has 20 heavy (non-hydrogen) atoms. The summed E-state index contributed by atoms with van der Waals surface area (Å²) >= 11 is 0. The molecule has 0 aliphatic heterocycles. The predicted molar refractivity (Wildman–Crippen MR) is 88.1 cm³/mol. The highest BCUT2D eigenvalue weighted by molar-refractivity contribution is 5.74. The Morgan fingerprint density at radius 2 is 1.35 bits per heavy atom. The Bertz CT molecular complexity index is 219. The lowest BCUT2D eigenvalue weighted by Gasteiger charge is -2.12. The second-order valence-corrected chi connectivity index (χ2v) is 5.89. The van der Waals surface area contributed by atoms with Crippen LogP contribution in [0.25, 0.3) is 0 Å². The summed E-state index contributed by atoms with van der Waals surface area (Å²) in [4.78, 5) is 11.5. The van der Waals surface area contributed by atoms with Gasteiger partial charge in [-0.25, -0.2) is 4.79 Å². The maximum atomic E-state index is 11.5. The number of hydrogen-bond donors (Lipinski definition) is 2. The summed E-state index contributed by atoms with van der Waals surface area (Å²) in [6.45, 7) is 7.17. The van der Waals surface area contributed by atoms with Gasteiger partial charge in [-0.3, -0.25) is 0 Å². The summed E-state index contributed by atoms with van der Waals surface area (Å²) in [5.74, 6) is 0. The van der Waals surface area contributed by atoms with E-state index in [0.717, 1.165) is 19.4 Å². The van der Waals surface area contributed by atoms with Crippen LogP contribution in [-0.4, -0.2) is 18.6 Å². The van der Waals surface area contributed by atoms with Crippen molar-refractivity contribution in [3.63, 3.8) is 0 Å². The normalized spacial score (nSPS) is 12.2. The van der Waals surface area contributed by atoms with Gasteiger partial charge in [0, 0.05) is 12.6 Å². The zero-order chi connectivity index (χ0) is 15.1. The van der Waals surface area contributed by atoms with Gasteiger partial charge in [-0.1, -0.05) is 71.6 Å². The molecule has 0 saturated carbocycles. The molecule has 2 amide bonds. The van der Waals surface area contributed by atoms with Crippen LogP contribution < -0.4 is 10.6 Å². The Hall–Kier alpha value is -0.730. The summed E-state index contributed by atoms with van der Waals surface area (Å²) in [5.41, 5.74) is 0. The van der Waals surface area contributed by atoms with Crippen molar-refractivity contribution in [3.05, 3.63) is 0 Å². The molecule has 0 aromatic rings. The molecule has 2 N–H and O–H groups in total. The zero-order valence-corrected chi connectivity index (χ0v) is 14.0. The van der Waals surface area contributed by atoms with Crippen LogP contribution in [0.2, 0.25) is 0 Å². The molecule has 3 nitrogen and oxygen atoms in total. The molecule has 0 heterocycles. The molecule has 120 valence electrons. The number of unbranched alkanes of at least 4 members (excludes halogenated alkanes) is 9.